The van der Waals surface area contributed by atoms with Crippen LogP contribution in [0.25, 0.3) is 0 Å². The number of nitrogens with one attached hydrogen (secondary N) is 3. The summed E-state index contributed by atoms with van der Waals surface area (Å²) in [7, 11) is -3.90. The van der Waals surface area contributed by atoms with Crippen LogP contribution in [0.1, 0.15) is 38.1 Å². The van der Waals surface area contributed by atoms with Gasteiger partial charge in [-0.1, -0.05) is 13.8 Å². The Morgan fingerprint density at radius 2 is 1.67 bits per heavy atom. The van der Waals surface area contributed by atoms with Crippen molar-refractivity contribution in [2.24, 2.45) is 0 Å². The first kappa shape index (κ1) is 22.5. The zero-order valence-electron chi connectivity index (χ0n) is 15.5. The number of nitrogens with zero attached hydrogens (tertiary/aromatic N) is 1. The fraction of sp³-hybridized carbons (Fsp3) is 0.438. The Morgan fingerprint density at radius 3 is 2.19 bits per heavy atom. The second kappa shape index (κ2) is 9.42. The predicted octanol–water partition coefficient (Wildman–Crippen LogP) is 0.142. The third-order valence-electron chi connectivity index (χ3n) is 3.44. The molecule has 0 aliphatic heterocycles. The highest BCUT2D eigenvalue weighted by atomic mass is 32.2. The van der Waals surface area contributed by atoms with Crippen LogP contribution >= 0.6 is 0 Å². The molecule has 0 atom stereocenters. The molecule has 0 spiro atoms. The summed E-state index contributed by atoms with van der Waals surface area (Å²) in [5.41, 5.74) is 3.13. The van der Waals surface area contributed by atoms with Gasteiger partial charge in [0.2, 0.25) is 10.0 Å². The topological polar surface area (TPSA) is 125 Å². The largest absolute Gasteiger partial charge is 0.346 e. The van der Waals surface area contributed by atoms with Crippen LogP contribution in [-0.4, -0.2) is 49.6 Å². The molecule has 1 rings (SSSR count). The lowest BCUT2D eigenvalue weighted by Crippen LogP contribution is -2.49. The quantitative estimate of drug-likeness (QED) is 0.461. The van der Waals surface area contributed by atoms with Crippen molar-refractivity contribution in [3.8, 4) is 0 Å². The molecule has 11 heteroatoms. The van der Waals surface area contributed by atoms with E-state index in [1.165, 1.54) is 0 Å². The number of amides is 3. The summed E-state index contributed by atoms with van der Waals surface area (Å²) < 4.78 is 40.1. The van der Waals surface area contributed by atoms with Crippen molar-refractivity contribution in [1.82, 2.24) is 20.5 Å². The Balaban J connectivity index is 2.99. The molecule has 1 aromatic rings. The smallest absolute Gasteiger partial charge is 0.327 e. The minimum Gasteiger partial charge on any atom is -0.346 e. The fourth-order valence-electron chi connectivity index (χ4n) is 2.12. The highest BCUT2D eigenvalue weighted by Gasteiger charge is 2.24. The maximum atomic E-state index is 14.0. The van der Waals surface area contributed by atoms with Crippen LogP contribution in [0, 0.1) is 5.82 Å². The molecule has 3 N–H and O–H groups in total. The molecule has 0 aromatic heterocycles. The summed E-state index contributed by atoms with van der Waals surface area (Å²) in [5.74, 6) is -4.21. The van der Waals surface area contributed by atoms with E-state index in [-0.39, 0.29) is 24.0 Å². The molecule has 0 saturated heterocycles. The first-order valence-corrected chi connectivity index (χ1v) is 9.69. The zero-order chi connectivity index (χ0) is 20.8. The lowest BCUT2D eigenvalue weighted by atomic mass is 10.2. The molecule has 3 amide bonds. The van der Waals surface area contributed by atoms with Gasteiger partial charge in [0.25, 0.3) is 5.91 Å². The number of hydrazine groups is 1. The monoisotopic (exact) mass is 402 g/mol. The molecular weight excluding hydrogens is 379 g/mol. The molecule has 9 nitrogen and oxygen atoms in total. The van der Waals surface area contributed by atoms with Gasteiger partial charge >= 0.3 is 11.8 Å². The Hall–Kier alpha value is -2.53. The first-order valence-electron chi connectivity index (χ1n) is 8.25. The van der Waals surface area contributed by atoms with Crippen LogP contribution in [-0.2, 0) is 19.6 Å². The van der Waals surface area contributed by atoms with Gasteiger partial charge < -0.3 is 5.32 Å². The standard InChI is InChI=1S/C16H23FN4O5S/c1-5-21(6-2)27(25,26)11-7-8-13(17)12(9-11)14(22)19-20-16(24)15(23)18-10(3)4/h7-10H,5-6H2,1-4H3,(H,18,23)(H,19,22)(H,20,24). The number of carbonyl (C=O) groups is 3. The number of hydrogen-bond acceptors (Lipinski definition) is 5. The number of sulfonamides is 1. The first-order chi connectivity index (χ1) is 12.5. The Kier molecular flexibility index (Phi) is 7.85. The van der Waals surface area contributed by atoms with Crippen molar-refractivity contribution < 1.29 is 27.2 Å². The molecule has 150 valence electrons. The highest BCUT2D eigenvalue weighted by Crippen LogP contribution is 2.19. The Labute approximate surface area is 157 Å². The van der Waals surface area contributed by atoms with E-state index in [1.54, 1.807) is 27.7 Å². The van der Waals surface area contributed by atoms with E-state index in [4.69, 9.17) is 0 Å². The summed E-state index contributed by atoms with van der Waals surface area (Å²) >= 11 is 0. The zero-order valence-corrected chi connectivity index (χ0v) is 16.3. The number of halogens is 1. The van der Waals surface area contributed by atoms with Crippen LogP contribution in [0.15, 0.2) is 23.1 Å². The van der Waals surface area contributed by atoms with Crippen molar-refractivity contribution >= 4 is 27.7 Å². The van der Waals surface area contributed by atoms with Gasteiger partial charge in [0.05, 0.1) is 10.5 Å². The van der Waals surface area contributed by atoms with Gasteiger partial charge in [-0.15, -0.1) is 0 Å². The van der Waals surface area contributed by atoms with E-state index >= 15 is 0 Å². The summed E-state index contributed by atoms with van der Waals surface area (Å²) in [4.78, 5) is 34.9. The van der Waals surface area contributed by atoms with Gasteiger partial charge in [-0.05, 0) is 32.0 Å². The Bertz CT molecular complexity index is 822. The lowest BCUT2D eigenvalue weighted by Gasteiger charge is -2.19. The second-order valence-electron chi connectivity index (χ2n) is 5.77. The molecule has 0 unspecified atom stereocenters. The van der Waals surface area contributed by atoms with Gasteiger partial charge in [-0.3, -0.25) is 25.2 Å². The van der Waals surface area contributed by atoms with Gasteiger partial charge in [0.15, 0.2) is 0 Å². The molecule has 0 bridgehead atoms. The average molecular weight is 402 g/mol. The van der Waals surface area contributed by atoms with E-state index in [1.807, 2.05) is 10.9 Å². The van der Waals surface area contributed by atoms with Crippen molar-refractivity contribution in [3.05, 3.63) is 29.6 Å². The summed E-state index contributed by atoms with van der Waals surface area (Å²) in [5, 5.41) is 2.31. The van der Waals surface area contributed by atoms with Gasteiger partial charge in [0, 0.05) is 19.1 Å². The average Bonchev–Trinajstić information content (AvgIpc) is 2.59. The van der Waals surface area contributed by atoms with Crippen molar-refractivity contribution in [2.45, 2.75) is 38.6 Å². The second-order valence-corrected chi connectivity index (χ2v) is 7.71. The number of benzene rings is 1. The molecule has 1 aromatic carbocycles. The predicted molar refractivity (Wildman–Crippen MR) is 95.4 cm³/mol. The van der Waals surface area contributed by atoms with Gasteiger partial charge in [0.1, 0.15) is 5.82 Å². The minimum atomic E-state index is -3.90. The SMILES string of the molecule is CCN(CC)S(=O)(=O)c1ccc(F)c(C(=O)NNC(=O)C(=O)NC(C)C)c1. The number of rotatable bonds is 6. The maximum absolute atomic E-state index is 14.0. The maximum Gasteiger partial charge on any atom is 0.327 e. The van der Waals surface area contributed by atoms with Crippen molar-refractivity contribution in [1.29, 1.82) is 0 Å². The van der Waals surface area contributed by atoms with E-state index in [0.717, 1.165) is 22.5 Å². The number of carbonyl (C=O) groups excluding carboxylic acids is 3. The summed E-state index contributed by atoms with van der Waals surface area (Å²) in [6.45, 7) is 6.99. The minimum absolute atomic E-state index is 0.207. The van der Waals surface area contributed by atoms with E-state index < -0.39 is 39.1 Å². The molecular formula is C16H23FN4O5S. The van der Waals surface area contributed by atoms with Crippen molar-refractivity contribution in [2.75, 3.05) is 13.1 Å². The lowest BCUT2D eigenvalue weighted by molar-refractivity contribution is -0.139. The van der Waals surface area contributed by atoms with Crippen LogP contribution in [0.2, 0.25) is 0 Å². The molecule has 0 fully saturated rings. The molecule has 0 aliphatic rings. The summed E-state index contributed by atoms with van der Waals surface area (Å²) in [6.07, 6.45) is 0. The number of hydrogen-bond donors (Lipinski definition) is 3. The molecule has 27 heavy (non-hydrogen) atoms. The third kappa shape index (κ3) is 5.73. The van der Waals surface area contributed by atoms with E-state index in [0.29, 0.717) is 0 Å². The van der Waals surface area contributed by atoms with Crippen LogP contribution in [0.3, 0.4) is 0 Å². The van der Waals surface area contributed by atoms with Crippen LogP contribution < -0.4 is 16.2 Å². The summed E-state index contributed by atoms with van der Waals surface area (Å²) in [6, 6.07) is 2.48. The molecule has 0 heterocycles. The van der Waals surface area contributed by atoms with Gasteiger partial charge in [-0.2, -0.15) is 4.31 Å². The van der Waals surface area contributed by atoms with E-state index in [9.17, 15) is 27.2 Å². The van der Waals surface area contributed by atoms with Crippen LogP contribution in [0.5, 0.6) is 0 Å². The molecule has 0 radical (unpaired) electrons. The third-order valence-corrected chi connectivity index (χ3v) is 5.49. The molecule has 0 aliphatic carbocycles. The van der Waals surface area contributed by atoms with E-state index in [2.05, 4.69) is 5.32 Å². The van der Waals surface area contributed by atoms with Crippen LogP contribution in [0.4, 0.5) is 4.39 Å². The molecule has 0 saturated carbocycles. The normalized spacial score (nSPS) is 11.4. The Morgan fingerprint density at radius 1 is 1.07 bits per heavy atom. The fourth-order valence-corrected chi connectivity index (χ4v) is 3.60. The highest BCUT2D eigenvalue weighted by molar-refractivity contribution is 7.89. The van der Waals surface area contributed by atoms with Gasteiger partial charge in [-0.25, -0.2) is 12.8 Å². The van der Waals surface area contributed by atoms with Crippen molar-refractivity contribution in [3.63, 3.8) is 0 Å².